The second-order valence-electron chi connectivity index (χ2n) is 5.53. The van der Waals surface area contributed by atoms with Gasteiger partial charge in [-0.25, -0.2) is 4.79 Å². The average Bonchev–Trinajstić information content (AvgIpc) is 2.48. The Kier molecular flexibility index (Phi) is 5.59. The van der Waals surface area contributed by atoms with Crippen LogP contribution in [0.4, 0.5) is 0 Å². The van der Waals surface area contributed by atoms with Gasteiger partial charge in [-0.2, -0.15) is 0 Å². The van der Waals surface area contributed by atoms with E-state index in [0.29, 0.717) is 18.0 Å². The maximum Gasteiger partial charge on any atom is 0.335 e. The maximum atomic E-state index is 11.1. The Bertz CT molecular complexity index is 487. The molecule has 1 aliphatic rings. The average molecular weight is 293 g/mol. The number of benzene rings is 1. The molecule has 2 rings (SSSR count). The van der Waals surface area contributed by atoms with E-state index in [1.807, 2.05) is 0 Å². The molecule has 1 N–H and O–H groups in total. The van der Waals surface area contributed by atoms with E-state index in [-0.39, 0.29) is 0 Å². The lowest BCUT2D eigenvalue weighted by atomic mass is 9.98. The molecule has 0 radical (unpaired) electrons. The smallest absolute Gasteiger partial charge is 0.335 e. The minimum atomic E-state index is -0.908. The van der Waals surface area contributed by atoms with Crippen LogP contribution in [-0.2, 0) is 11.3 Å². The van der Waals surface area contributed by atoms with Gasteiger partial charge in [-0.15, -0.1) is 0 Å². The van der Waals surface area contributed by atoms with E-state index in [2.05, 4.69) is 4.90 Å². The Labute approximate surface area is 125 Å². The highest BCUT2D eigenvalue weighted by atomic mass is 16.5. The molecule has 0 spiro atoms. The molecule has 1 aromatic carbocycles. The first-order valence-electron chi connectivity index (χ1n) is 7.25. The van der Waals surface area contributed by atoms with Gasteiger partial charge in [-0.3, -0.25) is 4.90 Å². The highest BCUT2D eigenvalue weighted by molar-refractivity contribution is 5.88. The van der Waals surface area contributed by atoms with Crippen LogP contribution in [0.15, 0.2) is 18.2 Å². The molecule has 0 aliphatic carbocycles. The summed E-state index contributed by atoms with van der Waals surface area (Å²) < 4.78 is 10.6. The molecule has 1 atom stereocenters. The highest BCUT2D eigenvalue weighted by Crippen LogP contribution is 2.25. The molecule has 0 aromatic heterocycles. The molecule has 5 heteroatoms. The molecule has 1 aliphatic heterocycles. The van der Waals surface area contributed by atoms with Crippen molar-refractivity contribution in [2.45, 2.75) is 19.4 Å². The van der Waals surface area contributed by atoms with Gasteiger partial charge in [0.25, 0.3) is 0 Å². The summed E-state index contributed by atoms with van der Waals surface area (Å²) in [7, 11) is 3.35. The zero-order valence-corrected chi connectivity index (χ0v) is 12.7. The Morgan fingerprint density at radius 3 is 2.90 bits per heavy atom. The van der Waals surface area contributed by atoms with Gasteiger partial charge in [0, 0.05) is 25.8 Å². The number of nitrogens with zero attached hydrogens (tertiary/aromatic N) is 1. The number of aromatic carboxylic acids is 1. The first kappa shape index (κ1) is 15.8. The van der Waals surface area contributed by atoms with Crippen LogP contribution >= 0.6 is 0 Å². The molecular weight excluding hydrogens is 270 g/mol. The predicted molar refractivity (Wildman–Crippen MR) is 79.8 cm³/mol. The number of ether oxygens (including phenoxy) is 2. The van der Waals surface area contributed by atoms with Gasteiger partial charge in [-0.05, 0) is 43.5 Å². The standard InChI is InChI=1S/C16H23NO4/c1-20-11-12-4-3-7-17(9-12)10-14-8-13(16(18)19)5-6-15(14)21-2/h5-6,8,12H,3-4,7,9-11H2,1-2H3,(H,18,19). The number of carbonyl (C=O) groups is 1. The molecule has 1 fully saturated rings. The lowest BCUT2D eigenvalue weighted by molar-refractivity contribution is 0.0696. The number of likely N-dealkylation sites (tertiary alicyclic amines) is 1. The third kappa shape index (κ3) is 4.19. The van der Waals surface area contributed by atoms with Crippen molar-refractivity contribution in [1.82, 2.24) is 4.90 Å². The summed E-state index contributed by atoms with van der Waals surface area (Å²) in [6.07, 6.45) is 2.34. The maximum absolute atomic E-state index is 11.1. The highest BCUT2D eigenvalue weighted by Gasteiger charge is 2.21. The van der Waals surface area contributed by atoms with Crippen LogP contribution in [0.3, 0.4) is 0 Å². The number of methoxy groups -OCH3 is 2. The molecular formula is C16H23NO4. The van der Waals surface area contributed by atoms with Crippen LogP contribution in [0.1, 0.15) is 28.8 Å². The van der Waals surface area contributed by atoms with Crippen LogP contribution in [0.5, 0.6) is 5.75 Å². The summed E-state index contributed by atoms with van der Waals surface area (Å²) >= 11 is 0. The summed E-state index contributed by atoms with van der Waals surface area (Å²) in [4.78, 5) is 13.5. The third-order valence-corrected chi connectivity index (χ3v) is 3.93. The van der Waals surface area contributed by atoms with E-state index < -0.39 is 5.97 Å². The number of carboxylic acid groups (broad SMARTS) is 1. The summed E-state index contributed by atoms with van der Waals surface area (Å²) in [5, 5.41) is 9.12. The third-order valence-electron chi connectivity index (χ3n) is 3.93. The fourth-order valence-corrected chi connectivity index (χ4v) is 2.94. The first-order valence-corrected chi connectivity index (χ1v) is 7.25. The lowest BCUT2D eigenvalue weighted by Crippen LogP contribution is -2.36. The van der Waals surface area contributed by atoms with E-state index in [0.717, 1.165) is 37.4 Å². The van der Waals surface area contributed by atoms with Gasteiger partial charge in [0.15, 0.2) is 0 Å². The first-order chi connectivity index (χ1) is 10.1. The van der Waals surface area contributed by atoms with Gasteiger partial charge in [0.05, 0.1) is 19.3 Å². The van der Waals surface area contributed by atoms with Crippen molar-refractivity contribution in [1.29, 1.82) is 0 Å². The molecule has 0 bridgehead atoms. The fraction of sp³-hybridized carbons (Fsp3) is 0.562. The Hall–Kier alpha value is -1.59. The zero-order chi connectivity index (χ0) is 15.2. The van der Waals surface area contributed by atoms with Crippen LogP contribution in [0.2, 0.25) is 0 Å². The van der Waals surface area contributed by atoms with Crippen molar-refractivity contribution in [3.05, 3.63) is 29.3 Å². The van der Waals surface area contributed by atoms with E-state index in [4.69, 9.17) is 14.6 Å². The minimum absolute atomic E-state index is 0.302. The van der Waals surface area contributed by atoms with Crippen molar-refractivity contribution in [3.8, 4) is 5.75 Å². The molecule has 1 saturated heterocycles. The zero-order valence-electron chi connectivity index (χ0n) is 12.7. The molecule has 0 amide bonds. The van der Waals surface area contributed by atoms with Crippen LogP contribution in [-0.4, -0.2) is 49.9 Å². The number of piperidine rings is 1. The van der Waals surface area contributed by atoms with Gasteiger partial charge >= 0.3 is 5.97 Å². The van der Waals surface area contributed by atoms with Crippen LogP contribution in [0, 0.1) is 5.92 Å². The van der Waals surface area contributed by atoms with Gasteiger partial charge in [0.1, 0.15) is 5.75 Å². The second-order valence-corrected chi connectivity index (χ2v) is 5.53. The summed E-state index contributed by atoms with van der Waals surface area (Å²) in [5.74, 6) is 0.390. The van der Waals surface area contributed by atoms with Crippen LogP contribution < -0.4 is 4.74 Å². The molecule has 1 unspecified atom stereocenters. The summed E-state index contributed by atoms with van der Waals surface area (Å²) in [5.41, 5.74) is 1.23. The topological polar surface area (TPSA) is 59.0 Å². The van der Waals surface area contributed by atoms with Gasteiger partial charge in [-0.1, -0.05) is 0 Å². The number of rotatable bonds is 6. The Morgan fingerprint density at radius 2 is 2.24 bits per heavy atom. The van der Waals surface area contributed by atoms with Crippen LogP contribution in [0.25, 0.3) is 0 Å². The number of hydrogen-bond acceptors (Lipinski definition) is 4. The summed E-state index contributed by atoms with van der Waals surface area (Å²) in [6, 6.07) is 5.02. The van der Waals surface area contributed by atoms with E-state index in [9.17, 15) is 4.79 Å². The van der Waals surface area contributed by atoms with E-state index >= 15 is 0 Å². The quantitative estimate of drug-likeness (QED) is 0.871. The fourth-order valence-electron chi connectivity index (χ4n) is 2.94. The van der Waals surface area contributed by atoms with Crippen molar-refractivity contribution in [2.75, 3.05) is 33.9 Å². The van der Waals surface area contributed by atoms with Crippen molar-refractivity contribution >= 4 is 5.97 Å². The van der Waals surface area contributed by atoms with Crippen molar-refractivity contribution in [3.63, 3.8) is 0 Å². The second kappa shape index (κ2) is 7.43. The van der Waals surface area contributed by atoms with Gasteiger partial charge < -0.3 is 14.6 Å². The van der Waals surface area contributed by atoms with Crippen molar-refractivity contribution < 1.29 is 19.4 Å². The molecule has 0 saturated carbocycles. The number of hydrogen-bond donors (Lipinski definition) is 1. The van der Waals surface area contributed by atoms with Crippen molar-refractivity contribution in [2.24, 2.45) is 5.92 Å². The SMILES string of the molecule is COCC1CCCN(Cc2cc(C(=O)O)ccc2OC)C1. The Balaban J connectivity index is 2.10. The van der Waals surface area contributed by atoms with E-state index in [1.165, 1.54) is 6.42 Å². The molecule has 116 valence electrons. The molecule has 5 nitrogen and oxygen atoms in total. The Morgan fingerprint density at radius 1 is 1.43 bits per heavy atom. The monoisotopic (exact) mass is 293 g/mol. The molecule has 1 aromatic rings. The number of carboxylic acids is 1. The largest absolute Gasteiger partial charge is 0.496 e. The molecule has 21 heavy (non-hydrogen) atoms. The lowest BCUT2D eigenvalue weighted by Gasteiger charge is -2.32. The minimum Gasteiger partial charge on any atom is -0.496 e. The van der Waals surface area contributed by atoms with Gasteiger partial charge in [0.2, 0.25) is 0 Å². The molecule has 1 heterocycles. The predicted octanol–water partition coefficient (Wildman–Crippen LogP) is 2.25. The normalized spacial score (nSPS) is 19.4. The van der Waals surface area contributed by atoms with E-state index in [1.54, 1.807) is 32.4 Å². The summed E-state index contributed by atoms with van der Waals surface area (Å²) in [6.45, 7) is 3.50.